The summed E-state index contributed by atoms with van der Waals surface area (Å²) in [5.41, 5.74) is -0.279. The molecule has 0 unspecified atom stereocenters. The number of unbranched alkanes of at least 4 members (excludes halogenated alkanes) is 28. The first-order chi connectivity index (χ1) is 44.1. The zero-order valence-electron chi connectivity index (χ0n) is 53.8. The molecule has 0 aromatic heterocycles. The summed E-state index contributed by atoms with van der Waals surface area (Å²) in [6, 6.07) is 25.0. The first-order valence-electron chi connectivity index (χ1n) is 33.8. The lowest BCUT2D eigenvalue weighted by atomic mass is 10.0. The molecular weight excluding hydrogens is 1230 g/mol. The molecule has 0 atom stereocenters. The molecule has 1 fully saturated rings. The number of phenols is 2. The minimum absolute atomic E-state index is 0.000379. The Morgan fingerprint density at radius 1 is 0.505 bits per heavy atom. The van der Waals surface area contributed by atoms with Crippen molar-refractivity contribution in [3.63, 3.8) is 0 Å². The van der Waals surface area contributed by atoms with E-state index in [1.165, 1.54) is 200 Å². The number of halogens is 1. The van der Waals surface area contributed by atoms with E-state index in [-0.39, 0.29) is 86.4 Å². The number of rotatable bonds is 43. The molecule has 1 aliphatic heterocycles. The van der Waals surface area contributed by atoms with Gasteiger partial charge in [-0.1, -0.05) is 260 Å². The van der Waals surface area contributed by atoms with Crippen molar-refractivity contribution in [1.29, 1.82) is 0 Å². The zero-order valence-corrected chi connectivity index (χ0v) is 57.0. The summed E-state index contributed by atoms with van der Waals surface area (Å²) in [5, 5.41) is 32.8. The number of sulfonamides is 3. The fourth-order valence-corrected chi connectivity index (χ4v) is 16.2. The number of anilines is 2. The third-order valence-corrected chi connectivity index (χ3v) is 22.4. The van der Waals surface area contributed by atoms with Gasteiger partial charge in [0.25, 0.3) is 26.0 Å². The van der Waals surface area contributed by atoms with E-state index < -0.39 is 51.5 Å². The molecule has 6 aromatic carbocycles. The van der Waals surface area contributed by atoms with Gasteiger partial charge in [0.2, 0.25) is 10.0 Å². The highest BCUT2D eigenvalue weighted by Gasteiger charge is 2.32. The van der Waals surface area contributed by atoms with Gasteiger partial charge in [-0.05, 0) is 61.4 Å². The van der Waals surface area contributed by atoms with Crippen molar-refractivity contribution in [2.24, 2.45) is 10.2 Å². The predicted molar refractivity (Wildman–Crippen MR) is 370 cm³/mol. The van der Waals surface area contributed by atoms with Crippen LogP contribution in [0.5, 0.6) is 11.5 Å². The lowest BCUT2D eigenvalue weighted by Gasteiger charge is -2.26. The van der Waals surface area contributed by atoms with Crippen molar-refractivity contribution in [3.8, 4) is 11.5 Å². The summed E-state index contributed by atoms with van der Waals surface area (Å²) in [6.45, 7) is 5.78. The number of amides is 1. The Morgan fingerprint density at radius 3 is 1.51 bits per heavy atom. The van der Waals surface area contributed by atoms with Crippen LogP contribution in [0.25, 0.3) is 21.5 Å². The van der Waals surface area contributed by atoms with Crippen LogP contribution >= 0.6 is 11.6 Å². The number of benzene rings is 6. The van der Waals surface area contributed by atoms with E-state index in [1.54, 1.807) is 42.5 Å². The maximum atomic E-state index is 14.9. The molecule has 0 bridgehead atoms. The SMILES string of the molecule is CCCCCCCCCCCCCCCCCN(CCCCCCCCCCCCCCCCC)C(=O)c1cc(NS(=O)(=O)c2cc(N=Nc3cc(S(=O)(=O)N4CCOCC4)c(O)c4cccc(NS(=O)(=O)c5ccccc5)c34)ccc2Cl)c2ccccc2c1O. The number of ether oxygens (including phenoxy) is 1. The van der Waals surface area contributed by atoms with Crippen LogP contribution in [0, 0.1) is 0 Å². The number of carbonyl (C=O) groups is 1. The van der Waals surface area contributed by atoms with Crippen molar-refractivity contribution in [2.45, 2.75) is 221 Å². The van der Waals surface area contributed by atoms with E-state index in [0.29, 0.717) is 18.5 Å². The van der Waals surface area contributed by atoms with Crippen LogP contribution in [-0.4, -0.2) is 90.0 Å². The molecule has 91 heavy (non-hydrogen) atoms. The molecule has 6 aromatic rings. The third-order valence-electron chi connectivity index (χ3n) is 17.3. The highest BCUT2D eigenvalue weighted by molar-refractivity contribution is 7.93. The largest absolute Gasteiger partial charge is 0.506 e. The third kappa shape index (κ3) is 21.9. The number of hydrogen-bond donors (Lipinski definition) is 4. The van der Waals surface area contributed by atoms with Crippen molar-refractivity contribution in [1.82, 2.24) is 9.21 Å². The van der Waals surface area contributed by atoms with Crippen molar-refractivity contribution in [3.05, 3.63) is 114 Å². The Labute approximate surface area is 548 Å². The molecule has 1 heterocycles. The number of nitrogens with one attached hydrogen (secondary N) is 2. The van der Waals surface area contributed by atoms with Crippen LogP contribution in [0.1, 0.15) is 217 Å². The topological polar surface area (TPSA) is 224 Å². The van der Waals surface area contributed by atoms with Crippen molar-refractivity contribution < 1.29 is 45.0 Å². The number of aromatic hydroxyl groups is 2. The number of nitrogens with zero attached hydrogens (tertiary/aromatic N) is 4. The summed E-state index contributed by atoms with van der Waals surface area (Å²) in [4.78, 5) is 15.7. The Kier molecular flexibility index (Phi) is 30.1. The van der Waals surface area contributed by atoms with Gasteiger partial charge in [0.15, 0.2) is 0 Å². The van der Waals surface area contributed by atoms with Gasteiger partial charge in [-0.3, -0.25) is 14.2 Å². The van der Waals surface area contributed by atoms with E-state index in [9.17, 15) is 40.3 Å². The number of azo groups is 1. The fourth-order valence-electron chi connectivity index (χ4n) is 12.0. The summed E-state index contributed by atoms with van der Waals surface area (Å²) >= 11 is 6.71. The van der Waals surface area contributed by atoms with Gasteiger partial charge in [-0.15, -0.1) is 5.11 Å². The number of hydrogen-bond acceptors (Lipinski definition) is 12. The maximum Gasteiger partial charge on any atom is 0.263 e. The number of morpholine rings is 1. The molecule has 0 radical (unpaired) electrons. The molecular formula is C71H99ClN6O10S3. The van der Waals surface area contributed by atoms with Crippen LogP contribution in [0.2, 0.25) is 5.02 Å². The first kappa shape index (κ1) is 72.6. The first-order valence-corrected chi connectivity index (χ1v) is 38.6. The van der Waals surface area contributed by atoms with Crippen LogP contribution in [0.3, 0.4) is 0 Å². The van der Waals surface area contributed by atoms with Gasteiger partial charge in [-0.25, -0.2) is 25.3 Å². The lowest BCUT2D eigenvalue weighted by Crippen LogP contribution is -2.40. The molecule has 20 heteroatoms. The molecule has 0 aliphatic carbocycles. The van der Waals surface area contributed by atoms with Gasteiger partial charge in [0, 0.05) is 47.7 Å². The smallest absolute Gasteiger partial charge is 0.263 e. The van der Waals surface area contributed by atoms with Crippen molar-refractivity contribution in [2.75, 3.05) is 48.8 Å². The van der Waals surface area contributed by atoms with Crippen molar-refractivity contribution >= 4 is 91.9 Å². The minimum atomic E-state index is -4.62. The molecule has 498 valence electrons. The Hall–Kier alpha value is -5.83. The van der Waals surface area contributed by atoms with E-state index in [0.717, 1.165) is 57.4 Å². The average molecular weight is 1330 g/mol. The summed E-state index contributed by atoms with van der Waals surface area (Å²) in [5.74, 6) is -1.29. The van der Waals surface area contributed by atoms with Gasteiger partial charge < -0.3 is 19.8 Å². The number of carbonyl (C=O) groups excluding carboxylic acids is 1. The number of phenolic OH excluding ortho intramolecular Hbond substituents is 2. The van der Waals surface area contributed by atoms with E-state index in [4.69, 9.17) is 16.3 Å². The summed E-state index contributed by atoms with van der Waals surface area (Å²) in [7, 11) is -13.2. The predicted octanol–water partition coefficient (Wildman–Crippen LogP) is 19.3. The lowest BCUT2D eigenvalue weighted by molar-refractivity contribution is 0.0729. The Balaban J connectivity index is 1.09. The summed E-state index contributed by atoms with van der Waals surface area (Å²) < 4.78 is 97.1. The maximum absolute atomic E-state index is 14.9. The molecule has 1 saturated heterocycles. The second kappa shape index (κ2) is 37.8. The van der Waals surface area contributed by atoms with Crippen LogP contribution in [0.4, 0.5) is 22.7 Å². The molecule has 0 saturated carbocycles. The minimum Gasteiger partial charge on any atom is -0.506 e. The molecule has 16 nitrogen and oxygen atoms in total. The highest BCUT2D eigenvalue weighted by Crippen LogP contribution is 2.45. The number of fused-ring (bicyclic) bond motifs is 2. The molecule has 1 amide bonds. The van der Waals surface area contributed by atoms with Gasteiger partial charge in [0.05, 0.1) is 51.4 Å². The Morgan fingerprint density at radius 2 is 0.978 bits per heavy atom. The second-order valence-electron chi connectivity index (χ2n) is 24.4. The molecule has 7 rings (SSSR count). The Bertz CT molecular complexity index is 3590. The second-order valence-corrected chi connectivity index (χ2v) is 30.0. The normalized spacial score (nSPS) is 13.4. The van der Waals surface area contributed by atoms with Crippen LogP contribution in [-0.2, 0) is 34.8 Å². The summed E-state index contributed by atoms with van der Waals surface area (Å²) in [6.07, 6.45) is 36.7. The van der Waals surface area contributed by atoms with E-state index >= 15 is 0 Å². The average Bonchev–Trinajstić information content (AvgIpc) is 0.764. The van der Waals surface area contributed by atoms with Crippen LogP contribution in [0.15, 0.2) is 128 Å². The molecule has 0 spiro atoms. The van der Waals surface area contributed by atoms with Gasteiger partial charge in [0.1, 0.15) is 21.3 Å². The fraction of sp³-hybridized carbons (Fsp3) is 0.535. The van der Waals surface area contributed by atoms with Crippen LogP contribution < -0.4 is 9.44 Å². The molecule has 1 aliphatic rings. The quantitative estimate of drug-likeness (QED) is 0.0161. The van der Waals surface area contributed by atoms with E-state index in [2.05, 4.69) is 33.5 Å². The monoisotopic (exact) mass is 1330 g/mol. The van der Waals surface area contributed by atoms with Gasteiger partial charge >= 0.3 is 0 Å². The molecule has 4 N–H and O–H groups in total. The standard InChI is InChI=1S/C71H99ClN6O10S3/c1-3-5-7-9-11-13-15-17-19-21-23-25-27-29-36-47-77(48-37-30-28-26-24-22-20-18-16-14-12-10-8-6-4-2)71(81)61-54-64(58-41-34-35-42-59(58)69(61)79)76-90(84,85)66-53-56(45-46-62(66)72)73-74-65-55-67(91(86,87)78-49-51-88-52-50-78)70(80)60-43-38-44-63(68(60)65)75-89(82,83)57-39-32-31-33-40-57/h31-35,38-46,53-55,75-76,79-80H,3-30,36-37,47-52H2,1-2H3. The van der Waals surface area contributed by atoms with Gasteiger partial charge in [-0.2, -0.15) is 9.42 Å². The zero-order chi connectivity index (χ0) is 64.9. The highest BCUT2D eigenvalue weighted by atomic mass is 35.5. The van der Waals surface area contributed by atoms with E-state index in [1.807, 2.05) is 4.90 Å².